The first-order valence-electron chi connectivity index (χ1n) is 7.20. The van der Waals surface area contributed by atoms with Crippen molar-refractivity contribution < 1.29 is 15.0 Å². The number of hydrogen-bond donors (Lipinski definition) is 2. The Balaban J connectivity index is 1.70. The van der Waals surface area contributed by atoms with Crippen LogP contribution in [-0.4, -0.2) is 58.1 Å². The first-order valence-corrected chi connectivity index (χ1v) is 7.20. The van der Waals surface area contributed by atoms with Crippen LogP contribution in [0, 0.1) is 0 Å². The predicted octanol–water partition coefficient (Wildman–Crippen LogP) is 1.41. The topological polar surface area (TPSA) is 64.0 Å². The number of benzene rings is 1. The van der Waals surface area contributed by atoms with Crippen molar-refractivity contribution in [3.8, 4) is 11.5 Å². The SMILES string of the molecule is O=C(c1cc(O)ccc1O)N1CCC(N2CCCC2)C1. The molecule has 0 spiro atoms. The molecule has 1 atom stereocenters. The van der Waals surface area contributed by atoms with E-state index in [0.29, 0.717) is 12.6 Å². The van der Waals surface area contributed by atoms with Gasteiger partial charge in [-0.25, -0.2) is 0 Å². The van der Waals surface area contributed by atoms with E-state index in [2.05, 4.69) is 4.90 Å². The van der Waals surface area contributed by atoms with Crippen molar-refractivity contribution >= 4 is 5.91 Å². The summed E-state index contributed by atoms with van der Waals surface area (Å²) < 4.78 is 0. The van der Waals surface area contributed by atoms with E-state index in [4.69, 9.17) is 0 Å². The molecule has 5 heteroatoms. The van der Waals surface area contributed by atoms with Crippen LogP contribution in [0.3, 0.4) is 0 Å². The van der Waals surface area contributed by atoms with E-state index in [1.807, 2.05) is 0 Å². The van der Waals surface area contributed by atoms with Crippen molar-refractivity contribution in [2.24, 2.45) is 0 Å². The van der Waals surface area contributed by atoms with Crippen molar-refractivity contribution in [3.05, 3.63) is 23.8 Å². The Morgan fingerprint density at radius 1 is 1.15 bits per heavy atom. The Kier molecular flexibility index (Phi) is 3.53. The van der Waals surface area contributed by atoms with Gasteiger partial charge in [0.15, 0.2) is 0 Å². The molecule has 0 aliphatic carbocycles. The average molecular weight is 276 g/mol. The molecule has 3 rings (SSSR count). The highest BCUT2D eigenvalue weighted by molar-refractivity contribution is 5.97. The lowest BCUT2D eigenvalue weighted by Gasteiger charge is -2.23. The molecule has 1 amide bonds. The number of likely N-dealkylation sites (tertiary alicyclic amines) is 2. The predicted molar refractivity (Wildman–Crippen MR) is 74.9 cm³/mol. The van der Waals surface area contributed by atoms with E-state index in [0.717, 1.165) is 26.1 Å². The summed E-state index contributed by atoms with van der Waals surface area (Å²) in [6, 6.07) is 4.52. The quantitative estimate of drug-likeness (QED) is 0.802. The highest BCUT2D eigenvalue weighted by atomic mass is 16.3. The molecule has 1 aromatic rings. The van der Waals surface area contributed by atoms with E-state index in [9.17, 15) is 15.0 Å². The van der Waals surface area contributed by atoms with E-state index >= 15 is 0 Å². The number of carbonyl (C=O) groups excluding carboxylic acids is 1. The normalized spacial score (nSPS) is 23.4. The van der Waals surface area contributed by atoms with E-state index in [1.165, 1.54) is 31.0 Å². The highest BCUT2D eigenvalue weighted by Gasteiger charge is 2.32. The summed E-state index contributed by atoms with van der Waals surface area (Å²) in [5, 5.41) is 19.2. The number of rotatable bonds is 2. The first kappa shape index (κ1) is 13.2. The van der Waals surface area contributed by atoms with Gasteiger partial charge in [-0.05, 0) is 50.6 Å². The molecule has 0 radical (unpaired) electrons. The largest absolute Gasteiger partial charge is 0.508 e. The van der Waals surface area contributed by atoms with Crippen LogP contribution in [0.1, 0.15) is 29.6 Å². The molecule has 0 saturated carbocycles. The van der Waals surface area contributed by atoms with Gasteiger partial charge >= 0.3 is 0 Å². The lowest BCUT2D eigenvalue weighted by molar-refractivity contribution is 0.0776. The van der Waals surface area contributed by atoms with E-state index < -0.39 is 0 Å². The maximum atomic E-state index is 12.4. The summed E-state index contributed by atoms with van der Waals surface area (Å²) in [4.78, 5) is 16.6. The maximum Gasteiger partial charge on any atom is 0.257 e. The molecule has 2 fully saturated rings. The molecule has 2 aliphatic rings. The van der Waals surface area contributed by atoms with Crippen LogP contribution in [0.25, 0.3) is 0 Å². The van der Waals surface area contributed by atoms with Crippen LogP contribution in [0.15, 0.2) is 18.2 Å². The molecule has 0 aromatic heterocycles. The van der Waals surface area contributed by atoms with Crippen LogP contribution < -0.4 is 0 Å². The zero-order valence-corrected chi connectivity index (χ0v) is 11.5. The van der Waals surface area contributed by atoms with Crippen LogP contribution in [0.4, 0.5) is 0 Å². The molecule has 2 saturated heterocycles. The van der Waals surface area contributed by atoms with Gasteiger partial charge in [0.05, 0.1) is 5.56 Å². The minimum atomic E-state index is -0.194. The van der Waals surface area contributed by atoms with Gasteiger partial charge in [0.2, 0.25) is 0 Å². The number of carbonyl (C=O) groups is 1. The monoisotopic (exact) mass is 276 g/mol. The Labute approximate surface area is 118 Å². The van der Waals surface area contributed by atoms with Crippen molar-refractivity contribution in [1.29, 1.82) is 0 Å². The summed E-state index contributed by atoms with van der Waals surface area (Å²) in [5.41, 5.74) is 0.187. The van der Waals surface area contributed by atoms with Crippen molar-refractivity contribution in [1.82, 2.24) is 9.80 Å². The van der Waals surface area contributed by atoms with Gasteiger partial charge in [0.1, 0.15) is 11.5 Å². The van der Waals surface area contributed by atoms with Crippen molar-refractivity contribution in [2.45, 2.75) is 25.3 Å². The van der Waals surface area contributed by atoms with Gasteiger partial charge in [-0.3, -0.25) is 9.69 Å². The summed E-state index contributed by atoms with van der Waals surface area (Å²) in [7, 11) is 0. The lowest BCUT2D eigenvalue weighted by atomic mass is 10.1. The number of nitrogens with zero attached hydrogens (tertiary/aromatic N) is 2. The van der Waals surface area contributed by atoms with Crippen molar-refractivity contribution in [3.63, 3.8) is 0 Å². The summed E-state index contributed by atoms with van der Waals surface area (Å²) in [6.45, 7) is 3.69. The second kappa shape index (κ2) is 5.32. The molecule has 5 nitrogen and oxygen atoms in total. The van der Waals surface area contributed by atoms with Crippen LogP contribution in [-0.2, 0) is 0 Å². The minimum Gasteiger partial charge on any atom is -0.508 e. The van der Waals surface area contributed by atoms with Gasteiger partial charge in [0, 0.05) is 19.1 Å². The fourth-order valence-corrected chi connectivity index (χ4v) is 3.20. The molecule has 2 aliphatic heterocycles. The average Bonchev–Trinajstić information content (AvgIpc) is 3.10. The number of amides is 1. The second-order valence-corrected chi connectivity index (χ2v) is 5.64. The molecular formula is C15H20N2O3. The fraction of sp³-hybridized carbons (Fsp3) is 0.533. The summed E-state index contributed by atoms with van der Waals surface area (Å²) in [5.74, 6) is -0.265. The molecule has 20 heavy (non-hydrogen) atoms. The van der Waals surface area contributed by atoms with Gasteiger partial charge < -0.3 is 15.1 Å². The number of aromatic hydroxyl groups is 2. The molecular weight excluding hydrogens is 256 g/mol. The third-order valence-electron chi connectivity index (χ3n) is 4.32. The first-order chi connectivity index (χ1) is 9.65. The van der Waals surface area contributed by atoms with Crippen LogP contribution >= 0.6 is 0 Å². The van der Waals surface area contributed by atoms with Gasteiger partial charge in [-0.1, -0.05) is 0 Å². The highest BCUT2D eigenvalue weighted by Crippen LogP contribution is 2.26. The standard InChI is InChI=1S/C15H20N2O3/c18-12-3-4-14(19)13(9-12)15(20)17-8-5-11(10-17)16-6-1-2-7-16/h3-4,9,11,18-19H,1-2,5-8,10H2. The molecule has 0 bridgehead atoms. The zero-order valence-electron chi connectivity index (χ0n) is 11.5. The lowest BCUT2D eigenvalue weighted by Crippen LogP contribution is -2.37. The molecule has 2 heterocycles. The Morgan fingerprint density at radius 3 is 2.65 bits per heavy atom. The fourth-order valence-electron chi connectivity index (χ4n) is 3.20. The third-order valence-corrected chi connectivity index (χ3v) is 4.32. The number of hydrogen-bond acceptors (Lipinski definition) is 4. The maximum absolute atomic E-state index is 12.4. The smallest absolute Gasteiger partial charge is 0.257 e. The Morgan fingerprint density at radius 2 is 1.90 bits per heavy atom. The number of phenolic OH excluding ortho intramolecular Hbond substituents is 2. The number of phenols is 2. The van der Waals surface area contributed by atoms with E-state index in [1.54, 1.807) is 4.90 Å². The van der Waals surface area contributed by atoms with E-state index in [-0.39, 0.29) is 23.0 Å². The molecule has 2 N–H and O–H groups in total. The van der Waals surface area contributed by atoms with Crippen LogP contribution in [0.5, 0.6) is 11.5 Å². The Bertz CT molecular complexity index is 512. The Hall–Kier alpha value is -1.75. The summed E-state index contributed by atoms with van der Waals surface area (Å²) in [6.07, 6.45) is 3.49. The van der Waals surface area contributed by atoms with Gasteiger partial charge in [-0.15, -0.1) is 0 Å². The zero-order chi connectivity index (χ0) is 14.1. The van der Waals surface area contributed by atoms with Gasteiger partial charge in [0.25, 0.3) is 5.91 Å². The summed E-state index contributed by atoms with van der Waals surface area (Å²) >= 11 is 0. The molecule has 1 aromatic carbocycles. The van der Waals surface area contributed by atoms with Gasteiger partial charge in [-0.2, -0.15) is 0 Å². The minimum absolute atomic E-state index is 0.00133. The second-order valence-electron chi connectivity index (χ2n) is 5.64. The third kappa shape index (κ3) is 2.45. The molecule has 1 unspecified atom stereocenters. The molecule has 108 valence electrons. The van der Waals surface area contributed by atoms with Crippen LogP contribution in [0.2, 0.25) is 0 Å². The van der Waals surface area contributed by atoms with Crippen molar-refractivity contribution in [2.75, 3.05) is 26.2 Å².